The second kappa shape index (κ2) is 3.10. The Hall–Kier alpha value is -0.110. The topological polar surface area (TPSA) is 23.8 Å². The third-order valence-electron chi connectivity index (χ3n) is 1.21. The maximum atomic E-state index is 7.17. The fraction of sp³-hybridized carbons (Fsp3) is 0.143. The van der Waals surface area contributed by atoms with Crippen LogP contribution in [0.3, 0.4) is 0 Å². The Morgan fingerprint density at radius 2 is 1.45 bits per heavy atom. The van der Waals surface area contributed by atoms with Gasteiger partial charge in [0.05, 0.1) is 5.69 Å². The summed E-state index contributed by atoms with van der Waals surface area (Å²) in [5.74, 6) is 0. The molecular weight excluding hydrogens is 204 g/mol. The lowest BCUT2D eigenvalue weighted by molar-refractivity contribution is 1.24. The molecule has 1 aromatic rings. The van der Waals surface area contributed by atoms with Crippen molar-refractivity contribution in [3.63, 3.8) is 0 Å². The highest BCUT2D eigenvalue weighted by Crippen LogP contribution is 2.38. The second-order valence-corrected chi connectivity index (χ2v) is 4.36. The van der Waals surface area contributed by atoms with Crippen molar-refractivity contribution in [1.82, 2.24) is 5.73 Å². The molecule has 0 saturated heterocycles. The fourth-order valence-electron chi connectivity index (χ4n) is 0.659. The van der Waals surface area contributed by atoms with Gasteiger partial charge < -0.3 is 5.73 Å². The van der Waals surface area contributed by atoms with Crippen molar-refractivity contribution in [1.29, 1.82) is 0 Å². The first-order chi connectivity index (χ1) is 5.00. The van der Waals surface area contributed by atoms with Crippen LogP contribution in [0.25, 0.3) is 0 Å². The summed E-state index contributed by atoms with van der Waals surface area (Å²) in [7, 11) is 0. The van der Waals surface area contributed by atoms with Gasteiger partial charge in [-0.1, -0.05) is 46.9 Å². The summed E-state index contributed by atoms with van der Waals surface area (Å²) in [6, 6.07) is 6.40. The number of halogens is 3. The van der Waals surface area contributed by atoms with E-state index >= 15 is 0 Å². The summed E-state index contributed by atoms with van der Waals surface area (Å²) in [5.41, 5.74) is 8.15. The molecule has 4 heteroatoms. The van der Waals surface area contributed by atoms with Crippen LogP contribution in [0.15, 0.2) is 24.3 Å². The summed E-state index contributed by atoms with van der Waals surface area (Å²) < 4.78 is -1.38. The maximum Gasteiger partial charge on any atom is 0.216 e. The highest BCUT2D eigenvalue weighted by Gasteiger charge is 2.21. The van der Waals surface area contributed by atoms with Gasteiger partial charge in [-0.05, 0) is 12.1 Å². The SMILES string of the molecule is [NH]c1ccc(C(Cl)(Cl)Cl)cc1. The molecule has 0 aromatic heterocycles. The Kier molecular flexibility index (Phi) is 2.53. The first kappa shape index (κ1) is 8.98. The van der Waals surface area contributed by atoms with Gasteiger partial charge in [0.25, 0.3) is 0 Å². The van der Waals surface area contributed by atoms with Crippen molar-refractivity contribution < 1.29 is 0 Å². The van der Waals surface area contributed by atoms with E-state index in [4.69, 9.17) is 40.5 Å². The van der Waals surface area contributed by atoms with Gasteiger partial charge in [0, 0.05) is 5.56 Å². The highest BCUT2D eigenvalue weighted by atomic mass is 35.6. The zero-order valence-corrected chi connectivity index (χ0v) is 7.71. The van der Waals surface area contributed by atoms with E-state index in [2.05, 4.69) is 0 Å². The third kappa shape index (κ3) is 2.44. The first-order valence-corrected chi connectivity index (χ1v) is 4.02. The largest absolute Gasteiger partial charge is 0.301 e. The minimum Gasteiger partial charge on any atom is -0.301 e. The van der Waals surface area contributed by atoms with Crippen LogP contribution < -0.4 is 5.73 Å². The molecule has 0 aliphatic heterocycles. The summed E-state index contributed by atoms with van der Waals surface area (Å²) in [6.45, 7) is 0. The van der Waals surface area contributed by atoms with Crippen molar-refractivity contribution in [2.75, 3.05) is 0 Å². The standard InChI is InChI=1S/C7H5Cl3N/c8-7(9,10)5-1-3-6(11)4-2-5/h1-4,11H. The van der Waals surface area contributed by atoms with Crippen LogP contribution in [0.4, 0.5) is 5.69 Å². The van der Waals surface area contributed by atoms with Crippen molar-refractivity contribution in [2.45, 2.75) is 3.79 Å². The molecule has 0 fully saturated rings. The van der Waals surface area contributed by atoms with Crippen LogP contribution in [0.1, 0.15) is 5.56 Å². The summed E-state index contributed by atoms with van der Waals surface area (Å²) in [5, 5.41) is 0. The Morgan fingerprint density at radius 3 is 1.82 bits per heavy atom. The minimum absolute atomic E-state index is 0.406. The molecule has 1 radical (unpaired) electrons. The van der Waals surface area contributed by atoms with Crippen LogP contribution >= 0.6 is 34.8 Å². The Labute approximate surface area is 80.0 Å². The number of hydrogen-bond acceptors (Lipinski definition) is 0. The number of hydrogen-bond donors (Lipinski definition) is 0. The van der Waals surface area contributed by atoms with Gasteiger partial charge in [-0.25, -0.2) is 0 Å². The van der Waals surface area contributed by atoms with E-state index in [1.807, 2.05) is 0 Å². The predicted octanol–water partition coefficient (Wildman–Crippen LogP) is 3.43. The fourth-order valence-corrected chi connectivity index (χ4v) is 1.04. The molecule has 59 valence electrons. The smallest absolute Gasteiger partial charge is 0.216 e. The second-order valence-electron chi connectivity index (χ2n) is 2.08. The monoisotopic (exact) mass is 208 g/mol. The molecule has 0 aliphatic carbocycles. The van der Waals surface area contributed by atoms with Crippen LogP contribution in [-0.2, 0) is 3.79 Å². The minimum atomic E-state index is -1.38. The Balaban J connectivity index is 2.99. The van der Waals surface area contributed by atoms with E-state index in [0.717, 1.165) is 0 Å². The summed E-state index contributed by atoms with van der Waals surface area (Å²) >= 11 is 16.7. The Bertz CT molecular complexity index is 237. The normalized spacial score (nSPS) is 11.5. The molecule has 0 bridgehead atoms. The zero-order valence-electron chi connectivity index (χ0n) is 5.44. The summed E-state index contributed by atoms with van der Waals surface area (Å²) in [4.78, 5) is 0. The Morgan fingerprint density at radius 1 is 1.00 bits per heavy atom. The number of rotatable bonds is 0. The summed E-state index contributed by atoms with van der Waals surface area (Å²) in [6.07, 6.45) is 0. The van der Waals surface area contributed by atoms with Gasteiger partial charge in [0.2, 0.25) is 3.79 Å². The van der Waals surface area contributed by atoms with Crippen molar-refractivity contribution in [3.05, 3.63) is 29.8 Å². The lowest BCUT2D eigenvalue weighted by Gasteiger charge is -2.10. The molecule has 1 N–H and O–H groups in total. The molecule has 1 nitrogen and oxygen atoms in total. The van der Waals surface area contributed by atoms with E-state index in [-0.39, 0.29) is 0 Å². The number of nitrogens with one attached hydrogen (secondary N) is 1. The van der Waals surface area contributed by atoms with Gasteiger partial charge >= 0.3 is 0 Å². The molecule has 0 atom stereocenters. The molecule has 0 heterocycles. The average molecular weight is 209 g/mol. The molecule has 0 saturated carbocycles. The van der Waals surface area contributed by atoms with E-state index in [1.54, 1.807) is 24.3 Å². The van der Waals surface area contributed by atoms with Crippen LogP contribution in [-0.4, -0.2) is 0 Å². The molecular formula is C7H5Cl3N. The van der Waals surface area contributed by atoms with Gasteiger partial charge in [0.15, 0.2) is 0 Å². The third-order valence-corrected chi connectivity index (χ3v) is 1.87. The van der Waals surface area contributed by atoms with E-state index in [0.29, 0.717) is 11.3 Å². The molecule has 0 aliphatic rings. The number of benzene rings is 1. The van der Waals surface area contributed by atoms with Gasteiger partial charge in [-0.3, -0.25) is 0 Å². The van der Waals surface area contributed by atoms with Gasteiger partial charge in [-0.2, -0.15) is 0 Å². The van der Waals surface area contributed by atoms with Gasteiger partial charge in [0.1, 0.15) is 0 Å². The molecule has 1 aromatic carbocycles. The van der Waals surface area contributed by atoms with Crippen molar-refractivity contribution in [3.8, 4) is 0 Å². The van der Waals surface area contributed by atoms with E-state index in [1.165, 1.54) is 0 Å². The first-order valence-electron chi connectivity index (χ1n) is 2.89. The van der Waals surface area contributed by atoms with Crippen molar-refractivity contribution >= 4 is 40.5 Å². The molecule has 0 unspecified atom stereocenters. The lowest BCUT2D eigenvalue weighted by atomic mass is 10.2. The number of alkyl halides is 3. The average Bonchev–Trinajstić information content (AvgIpc) is 1.86. The highest BCUT2D eigenvalue weighted by molar-refractivity contribution is 6.66. The maximum absolute atomic E-state index is 7.17. The predicted molar refractivity (Wildman–Crippen MR) is 48.4 cm³/mol. The zero-order chi connectivity index (χ0) is 8.48. The molecule has 0 spiro atoms. The van der Waals surface area contributed by atoms with Crippen LogP contribution in [0, 0.1) is 0 Å². The van der Waals surface area contributed by atoms with Crippen LogP contribution in [0.5, 0.6) is 0 Å². The van der Waals surface area contributed by atoms with E-state index in [9.17, 15) is 0 Å². The van der Waals surface area contributed by atoms with Crippen LogP contribution in [0.2, 0.25) is 0 Å². The quantitative estimate of drug-likeness (QED) is 0.585. The van der Waals surface area contributed by atoms with E-state index < -0.39 is 3.79 Å². The van der Waals surface area contributed by atoms with Crippen molar-refractivity contribution in [2.24, 2.45) is 0 Å². The lowest BCUT2D eigenvalue weighted by Crippen LogP contribution is -1.98. The molecule has 0 amide bonds. The molecule has 11 heavy (non-hydrogen) atoms. The molecule has 1 rings (SSSR count). The van der Waals surface area contributed by atoms with Gasteiger partial charge in [-0.15, -0.1) is 0 Å².